The zero-order valence-electron chi connectivity index (χ0n) is 12.3. The van der Waals surface area contributed by atoms with Crippen LogP contribution in [0.3, 0.4) is 0 Å². The maximum atomic E-state index is 13.0. The van der Waals surface area contributed by atoms with E-state index in [9.17, 15) is 4.79 Å². The number of furan rings is 1. The highest BCUT2D eigenvalue weighted by molar-refractivity contribution is 9.10. The van der Waals surface area contributed by atoms with Gasteiger partial charge in [0.2, 0.25) is 0 Å². The molecule has 0 saturated heterocycles. The summed E-state index contributed by atoms with van der Waals surface area (Å²) in [5, 5.41) is 0.931. The second kappa shape index (κ2) is 6.06. The van der Waals surface area contributed by atoms with Gasteiger partial charge >= 0.3 is 0 Å². The van der Waals surface area contributed by atoms with Crippen LogP contribution in [0.15, 0.2) is 62.3 Å². The van der Waals surface area contributed by atoms with Crippen molar-refractivity contribution in [3.05, 3.63) is 58.8 Å². The molecule has 0 fully saturated rings. The summed E-state index contributed by atoms with van der Waals surface area (Å²) in [4.78, 5) is 16.0. The number of fused-ring (bicyclic) bond motifs is 2. The lowest BCUT2D eigenvalue weighted by atomic mass is 10.2. The quantitative estimate of drug-likeness (QED) is 0.564. The summed E-state index contributed by atoms with van der Waals surface area (Å²) < 4.78 is 6.69. The Bertz CT molecular complexity index is 890. The number of carbonyl (C=O) groups is 1. The molecule has 1 aliphatic rings. The topological polar surface area (TPSA) is 33.5 Å². The fourth-order valence-electron chi connectivity index (χ4n) is 2.80. The van der Waals surface area contributed by atoms with Gasteiger partial charge in [-0.1, -0.05) is 24.3 Å². The standard InChI is InChI=1S/C18H14BrNO2S/c19-13-6-3-5-12-11-15(22-17(12)13)18(21)20-9-4-10-23-16-8-2-1-7-14(16)20/h1-3,5-8,11H,4,9-10H2. The Morgan fingerprint density at radius 2 is 2.04 bits per heavy atom. The molecule has 23 heavy (non-hydrogen) atoms. The first-order valence-corrected chi connectivity index (χ1v) is 9.23. The third kappa shape index (κ3) is 2.68. The number of carbonyl (C=O) groups excluding carboxylic acids is 1. The van der Waals surface area contributed by atoms with Crippen molar-refractivity contribution in [1.29, 1.82) is 0 Å². The van der Waals surface area contributed by atoms with Crippen LogP contribution >= 0.6 is 27.7 Å². The number of rotatable bonds is 1. The first-order chi connectivity index (χ1) is 11.2. The van der Waals surface area contributed by atoms with Crippen LogP contribution in [0.5, 0.6) is 0 Å². The molecule has 0 N–H and O–H groups in total. The van der Waals surface area contributed by atoms with Gasteiger partial charge < -0.3 is 9.32 Å². The summed E-state index contributed by atoms with van der Waals surface area (Å²) in [6.07, 6.45) is 0.967. The van der Waals surface area contributed by atoms with Crippen molar-refractivity contribution in [2.45, 2.75) is 11.3 Å². The Hall–Kier alpha value is -1.72. The second-order valence-corrected chi connectivity index (χ2v) is 7.39. The highest BCUT2D eigenvalue weighted by Gasteiger charge is 2.25. The van der Waals surface area contributed by atoms with Gasteiger partial charge in [0, 0.05) is 16.8 Å². The smallest absolute Gasteiger partial charge is 0.294 e. The molecule has 0 spiro atoms. The fraction of sp³-hybridized carbons (Fsp3) is 0.167. The van der Waals surface area contributed by atoms with Gasteiger partial charge in [-0.15, -0.1) is 11.8 Å². The molecular formula is C18H14BrNO2S. The monoisotopic (exact) mass is 387 g/mol. The molecule has 3 aromatic rings. The molecule has 116 valence electrons. The lowest BCUT2D eigenvalue weighted by Crippen LogP contribution is -2.31. The maximum absolute atomic E-state index is 13.0. The SMILES string of the molecule is O=C(c1cc2cccc(Br)c2o1)N1CCCSc2ccccc21. The van der Waals surface area contributed by atoms with E-state index in [4.69, 9.17) is 4.42 Å². The van der Waals surface area contributed by atoms with Gasteiger partial charge in [-0.3, -0.25) is 4.79 Å². The Balaban J connectivity index is 1.77. The van der Waals surface area contributed by atoms with Crippen molar-refractivity contribution in [3.63, 3.8) is 0 Å². The minimum Gasteiger partial charge on any atom is -0.450 e. The average Bonchev–Trinajstić information content (AvgIpc) is 2.89. The van der Waals surface area contributed by atoms with Crippen molar-refractivity contribution in [3.8, 4) is 0 Å². The van der Waals surface area contributed by atoms with Gasteiger partial charge in [-0.05, 0) is 52.4 Å². The maximum Gasteiger partial charge on any atom is 0.294 e. The van der Waals surface area contributed by atoms with E-state index in [2.05, 4.69) is 22.0 Å². The van der Waals surface area contributed by atoms with Crippen molar-refractivity contribution >= 4 is 50.3 Å². The van der Waals surface area contributed by atoms with Gasteiger partial charge in [-0.2, -0.15) is 0 Å². The van der Waals surface area contributed by atoms with E-state index in [-0.39, 0.29) is 5.91 Å². The van der Waals surface area contributed by atoms with E-state index in [1.807, 2.05) is 47.4 Å². The van der Waals surface area contributed by atoms with Crippen molar-refractivity contribution < 1.29 is 9.21 Å². The first kappa shape index (κ1) is 14.8. The number of halogens is 1. The normalized spacial score (nSPS) is 14.6. The van der Waals surface area contributed by atoms with Crippen LogP contribution < -0.4 is 4.90 Å². The highest BCUT2D eigenvalue weighted by Crippen LogP contribution is 2.35. The van der Waals surface area contributed by atoms with Crippen LogP contribution in [0, 0.1) is 0 Å². The average molecular weight is 388 g/mol. The summed E-state index contributed by atoms with van der Waals surface area (Å²) in [5.74, 6) is 1.32. The van der Waals surface area contributed by atoms with Gasteiger partial charge in [0.05, 0.1) is 10.2 Å². The number of thioether (sulfide) groups is 1. The summed E-state index contributed by atoms with van der Waals surface area (Å²) in [6.45, 7) is 0.709. The number of para-hydroxylation sites is 2. The molecule has 0 radical (unpaired) electrons. The van der Waals surface area contributed by atoms with Crippen molar-refractivity contribution in [2.75, 3.05) is 17.2 Å². The molecule has 1 aliphatic heterocycles. The predicted molar refractivity (Wildman–Crippen MR) is 97.4 cm³/mol. The van der Waals surface area contributed by atoms with E-state index in [0.29, 0.717) is 17.9 Å². The molecule has 1 amide bonds. The number of amides is 1. The number of anilines is 1. The Kier molecular flexibility index (Phi) is 3.91. The molecule has 0 bridgehead atoms. The van der Waals surface area contributed by atoms with E-state index in [1.165, 1.54) is 0 Å². The summed E-state index contributed by atoms with van der Waals surface area (Å²) in [7, 11) is 0. The zero-order valence-corrected chi connectivity index (χ0v) is 14.7. The zero-order chi connectivity index (χ0) is 15.8. The molecule has 5 heteroatoms. The third-order valence-corrected chi connectivity index (χ3v) is 5.67. The van der Waals surface area contributed by atoms with E-state index in [0.717, 1.165) is 32.6 Å². The van der Waals surface area contributed by atoms with Crippen LogP contribution in [0.2, 0.25) is 0 Å². The lowest BCUT2D eigenvalue weighted by molar-refractivity contribution is 0.0962. The molecule has 0 saturated carbocycles. The second-order valence-electron chi connectivity index (χ2n) is 5.40. The number of benzene rings is 2. The largest absolute Gasteiger partial charge is 0.450 e. The number of nitrogens with zero attached hydrogens (tertiary/aromatic N) is 1. The van der Waals surface area contributed by atoms with Crippen LogP contribution in [-0.4, -0.2) is 18.2 Å². The van der Waals surface area contributed by atoms with Gasteiger partial charge in [0.1, 0.15) is 5.58 Å². The molecule has 0 unspecified atom stereocenters. The Morgan fingerprint density at radius 3 is 2.91 bits per heavy atom. The van der Waals surface area contributed by atoms with E-state index >= 15 is 0 Å². The number of hydrogen-bond acceptors (Lipinski definition) is 3. The third-order valence-electron chi connectivity index (χ3n) is 3.89. The van der Waals surface area contributed by atoms with Gasteiger partial charge in [0.25, 0.3) is 5.91 Å². The van der Waals surface area contributed by atoms with Crippen molar-refractivity contribution in [2.24, 2.45) is 0 Å². The predicted octanol–water partition coefficient (Wildman–Crippen LogP) is 5.34. The molecule has 0 aliphatic carbocycles. The van der Waals surface area contributed by atoms with Crippen LogP contribution in [0.1, 0.15) is 17.0 Å². The Labute approximate surface area is 146 Å². The Morgan fingerprint density at radius 1 is 1.17 bits per heavy atom. The molecular weight excluding hydrogens is 374 g/mol. The van der Waals surface area contributed by atoms with Crippen LogP contribution in [-0.2, 0) is 0 Å². The minimum absolute atomic E-state index is 0.0805. The van der Waals surface area contributed by atoms with E-state index < -0.39 is 0 Å². The highest BCUT2D eigenvalue weighted by atomic mass is 79.9. The fourth-order valence-corrected chi connectivity index (χ4v) is 4.26. The van der Waals surface area contributed by atoms with Crippen molar-refractivity contribution in [1.82, 2.24) is 0 Å². The molecule has 2 heterocycles. The molecule has 1 aromatic heterocycles. The minimum atomic E-state index is -0.0805. The van der Waals surface area contributed by atoms with Gasteiger partial charge in [0.15, 0.2) is 5.76 Å². The lowest BCUT2D eigenvalue weighted by Gasteiger charge is -2.21. The summed E-state index contributed by atoms with van der Waals surface area (Å²) in [6, 6.07) is 15.7. The summed E-state index contributed by atoms with van der Waals surface area (Å²) >= 11 is 5.27. The summed E-state index contributed by atoms with van der Waals surface area (Å²) in [5.41, 5.74) is 1.69. The number of hydrogen-bond donors (Lipinski definition) is 0. The van der Waals surface area contributed by atoms with Crippen LogP contribution in [0.25, 0.3) is 11.0 Å². The molecule has 2 aromatic carbocycles. The van der Waals surface area contributed by atoms with Gasteiger partial charge in [-0.25, -0.2) is 0 Å². The molecule has 3 nitrogen and oxygen atoms in total. The van der Waals surface area contributed by atoms with E-state index in [1.54, 1.807) is 11.8 Å². The molecule has 4 rings (SSSR count). The molecule has 0 atom stereocenters. The first-order valence-electron chi connectivity index (χ1n) is 7.46. The van der Waals surface area contributed by atoms with Crippen LogP contribution in [0.4, 0.5) is 5.69 Å².